The van der Waals surface area contributed by atoms with E-state index in [2.05, 4.69) is 70.7 Å². The minimum Gasteiger partial charge on any atom is -0.493 e. The summed E-state index contributed by atoms with van der Waals surface area (Å²) in [6.45, 7) is 6.38. The lowest BCUT2D eigenvalue weighted by atomic mass is 10.0. The van der Waals surface area contributed by atoms with Gasteiger partial charge in [0.1, 0.15) is 11.6 Å². The van der Waals surface area contributed by atoms with Crippen molar-refractivity contribution in [1.29, 1.82) is 0 Å². The Hall–Kier alpha value is -4.00. The van der Waals surface area contributed by atoms with E-state index >= 15 is 0 Å². The molecule has 0 radical (unpaired) electrons. The molecule has 0 aliphatic carbocycles. The number of hydrogen-bond acceptors (Lipinski definition) is 6. The molecule has 0 amide bonds. The highest BCUT2D eigenvalue weighted by molar-refractivity contribution is 5.99. The molecule has 0 unspecified atom stereocenters. The molecule has 7 nitrogen and oxygen atoms in total. The number of methoxy groups -OCH3 is 2. The maximum atomic E-state index is 5.47. The third kappa shape index (κ3) is 6.85. The zero-order valence-electron chi connectivity index (χ0n) is 23.0. The number of aryl methyl sites for hydroxylation is 2. The molecule has 200 valence electrons. The molecule has 0 aliphatic heterocycles. The predicted octanol–water partition coefficient (Wildman–Crippen LogP) is 6.83. The highest BCUT2D eigenvalue weighted by Crippen LogP contribution is 2.28. The molecular formula is C31H39N5O2. The van der Waals surface area contributed by atoms with Crippen LogP contribution in [0.5, 0.6) is 11.5 Å². The number of hydrogen-bond donors (Lipinski definition) is 2. The van der Waals surface area contributed by atoms with E-state index in [-0.39, 0.29) is 0 Å². The second-order valence-corrected chi connectivity index (χ2v) is 9.41. The van der Waals surface area contributed by atoms with Gasteiger partial charge in [-0.2, -0.15) is 5.10 Å². The zero-order chi connectivity index (χ0) is 26.7. The van der Waals surface area contributed by atoms with Crippen LogP contribution >= 0.6 is 0 Å². The molecule has 38 heavy (non-hydrogen) atoms. The Morgan fingerprint density at radius 3 is 2.45 bits per heavy atom. The standard InChI is InChI=1S/C31H39N5O2/c1-5-16-36(17-6-2)31-20-24(11-9-10-23-14-15-28(37-3)29(18-23)38-4)19-30(34-31)35-33-22-25-21-32-27-13-8-7-12-26(25)27/h7-8,12-15,18-22,32H,5-6,9-11,16-17H2,1-4H3,(H,34,35)/b33-22+. The van der Waals surface area contributed by atoms with Crippen molar-refractivity contribution >= 4 is 28.8 Å². The summed E-state index contributed by atoms with van der Waals surface area (Å²) >= 11 is 0. The lowest BCUT2D eigenvalue weighted by molar-refractivity contribution is 0.354. The Bertz CT molecular complexity index is 1340. The van der Waals surface area contributed by atoms with Crippen molar-refractivity contribution in [2.75, 3.05) is 37.6 Å². The van der Waals surface area contributed by atoms with Gasteiger partial charge in [0.15, 0.2) is 11.5 Å². The Kier molecular flexibility index (Phi) is 9.62. The second kappa shape index (κ2) is 13.5. The van der Waals surface area contributed by atoms with Crippen LogP contribution in [0.1, 0.15) is 49.8 Å². The van der Waals surface area contributed by atoms with Crippen LogP contribution < -0.4 is 19.8 Å². The van der Waals surface area contributed by atoms with Crippen molar-refractivity contribution in [2.45, 2.75) is 46.0 Å². The first-order valence-electron chi connectivity index (χ1n) is 13.5. The van der Waals surface area contributed by atoms with Gasteiger partial charge < -0.3 is 19.4 Å². The number of pyridine rings is 1. The molecule has 4 rings (SSSR count). The van der Waals surface area contributed by atoms with Gasteiger partial charge in [0.05, 0.1) is 20.4 Å². The smallest absolute Gasteiger partial charge is 0.160 e. The predicted molar refractivity (Wildman–Crippen MR) is 158 cm³/mol. The van der Waals surface area contributed by atoms with Gasteiger partial charge in [0, 0.05) is 35.8 Å². The summed E-state index contributed by atoms with van der Waals surface area (Å²) in [5.41, 5.74) is 7.81. The van der Waals surface area contributed by atoms with Crippen molar-refractivity contribution in [2.24, 2.45) is 5.10 Å². The number of fused-ring (bicyclic) bond motifs is 1. The van der Waals surface area contributed by atoms with Gasteiger partial charge in [-0.3, -0.25) is 5.43 Å². The third-order valence-corrected chi connectivity index (χ3v) is 6.57. The van der Waals surface area contributed by atoms with E-state index in [4.69, 9.17) is 14.5 Å². The van der Waals surface area contributed by atoms with Gasteiger partial charge in [-0.15, -0.1) is 0 Å². The van der Waals surface area contributed by atoms with Crippen LogP contribution in [-0.4, -0.2) is 43.5 Å². The maximum Gasteiger partial charge on any atom is 0.160 e. The summed E-state index contributed by atoms with van der Waals surface area (Å²) in [5, 5.41) is 5.68. The van der Waals surface area contributed by atoms with Gasteiger partial charge in [-0.25, -0.2) is 4.98 Å². The monoisotopic (exact) mass is 513 g/mol. The summed E-state index contributed by atoms with van der Waals surface area (Å²) in [6.07, 6.45) is 8.88. The number of ether oxygens (including phenoxy) is 2. The van der Waals surface area contributed by atoms with E-state index in [1.165, 1.54) is 11.1 Å². The number of aromatic amines is 1. The van der Waals surface area contributed by atoms with Crippen LogP contribution in [0.15, 0.2) is 65.9 Å². The van der Waals surface area contributed by atoms with Crippen LogP contribution in [0.2, 0.25) is 0 Å². The first kappa shape index (κ1) is 27.0. The average molecular weight is 514 g/mol. The summed E-state index contributed by atoms with van der Waals surface area (Å²) in [7, 11) is 3.34. The third-order valence-electron chi connectivity index (χ3n) is 6.57. The number of aromatic nitrogens is 2. The quantitative estimate of drug-likeness (QED) is 0.143. The van der Waals surface area contributed by atoms with E-state index in [0.717, 1.165) is 84.8 Å². The fourth-order valence-electron chi connectivity index (χ4n) is 4.72. The molecular weight excluding hydrogens is 474 g/mol. The maximum absolute atomic E-state index is 5.47. The van der Waals surface area contributed by atoms with Gasteiger partial charge in [-0.05, 0) is 73.6 Å². The summed E-state index contributed by atoms with van der Waals surface area (Å²) in [6, 6.07) is 18.7. The number of para-hydroxylation sites is 1. The normalized spacial score (nSPS) is 11.3. The van der Waals surface area contributed by atoms with Crippen molar-refractivity contribution in [3.8, 4) is 11.5 Å². The number of anilines is 2. The SMILES string of the molecule is CCCN(CCC)c1cc(CCCc2ccc(OC)c(OC)c2)cc(N/N=C/c2c[nH]c3ccccc23)n1. The highest BCUT2D eigenvalue weighted by atomic mass is 16.5. The van der Waals surface area contributed by atoms with E-state index in [0.29, 0.717) is 0 Å². The molecule has 0 saturated carbocycles. The first-order chi connectivity index (χ1) is 18.6. The summed E-state index contributed by atoms with van der Waals surface area (Å²) in [5.74, 6) is 3.29. The van der Waals surface area contributed by atoms with E-state index in [1.807, 2.05) is 30.6 Å². The topological polar surface area (TPSA) is 74.8 Å². The molecule has 0 bridgehead atoms. The van der Waals surface area contributed by atoms with Gasteiger partial charge in [-0.1, -0.05) is 38.1 Å². The van der Waals surface area contributed by atoms with Crippen molar-refractivity contribution in [3.05, 3.63) is 77.5 Å². The van der Waals surface area contributed by atoms with Crippen LogP contribution in [0, 0.1) is 0 Å². The van der Waals surface area contributed by atoms with E-state index in [9.17, 15) is 0 Å². The number of nitrogens with zero attached hydrogens (tertiary/aromatic N) is 3. The van der Waals surface area contributed by atoms with Crippen molar-refractivity contribution in [1.82, 2.24) is 9.97 Å². The summed E-state index contributed by atoms with van der Waals surface area (Å²) in [4.78, 5) is 10.6. The molecule has 0 fully saturated rings. The molecule has 2 aromatic carbocycles. The molecule has 2 aromatic heterocycles. The Labute approximate surface area is 225 Å². The van der Waals surface area contributed by atoms with Crippen LogP contribution in [0.4, 0.5) is 11.6 Å². The number of hydrazone groups is 1. The molecule has 7 heteroatoms. The molecule has 2 heterocycles. The van der Waals surface area contributed by atoms with Crippen LogP contribution in [0.3, 0.4) is 0 Å². The Balaban J connectivity index is 1.50. The van der Waals surface area contributed by atoms with Crippen LogP contribution in [-0.2, 0) is 12.8 Å². The number of rotatable bonds is 14. The fraction of sp³-hybridized carbons (Fsp3) is 0.355. The average Bonchev–Trinajstić information content (AvgIpc) is 3.36. The number of benzene rings is 2. The van der Waals surface area contributed by atoms with E-state index < -0.39 is 0 Å². The molecule has 0 spiro atoms. The van der Waals surface area contributed by atoms with Gasteiger partial charge in [0.25, 0.3) is 0 Å². The fourth-order valence-corrected chi connectivity index (χ4v) is 4.72. The summed E-state index contributed by atoms with van der Waals surface area (Å²) < 4.78 is 10.8. The Morgan fingerprint density at radius 1 is 0.921 bits per heavy atom. The minimum absolute atomic E-state index is 0.755. The lowest BCUT2D eigenvalue weighted by Crippen LogP contribution is -2.26. The largest absolute Gasteiger partial charge is 0.493 e. The van der Waals surface area contributed by atoms with Crippen molar-refractivity contribution < 1.29 is 9.47 Å². The Morgan fingerprint density at radius 2 is 1.68 bits per heavy atom. The molecule has 0 saturated heterocycles. The zero-order valence-corrected chi connectivity index (χ0v) is 23.0. The second-order valence-electron chi connectivity index (χ2n) is 9.41. The molecule has 0 aliphatic rings. The lowest BCUT2D eigenvalue weighted by Gasteiger charge is -2.23. The molecule has 4 aromatic rings. The molecule has 0 atom stereocenters. The molecule has 2 N–H and O–H groups in total. The minimum atomic E-state index is 0.755. The van der Waals surface area contributed by atoms with E-state index in [1.54, 1.807) is 14.2 Å². The van der Waals surface area contributed by atoms with Gasteiger partial charge in [0.2, 0.25) is 0 Å². The van der Waals surface area contributed by atoms with Crippen LogP contribution in [0.25, 0.3) is 10.9 Å². The van der Waals surface area contributed by atoms with Gasteiger partial charge >= 0.3 is 0 Å². The first-order valence-corrected chi connectivity index (χ1v) is 13.5. The number of nitrogens with one attached hydrogen (secondary N) is 2. The highest BCUT2D eigenvalue weighted by Gasteiger charge is 2.11. The number of H-pyrrole nitrogens is 1. The van der Waals surface area contributed by atoms with Crippen molar-refractivity contribution in [3.63, 3.8) is 0 Å².